The van der Waals surface area contributed by atoms with Crippen LogP contribution >= 0.6 is 0 Å². The lowest BCUT2D eigenvalue weighted by Gasteiger charge is -2.16. The van der Waals surface area contributed by atoms with E-state index in [9.17, 15) is 9.59 Å². The maximum absolute atomic E-state index is 13.0. The van der Waals surface area contributed by atoms with Crippen molar-refractivity contribution in [3.05, 3.63) is 76.2 Å². The number of aryl methyl sites for hydroxylation is 1. The zero-order valence-electron chi connectivity index (χ0n) is 15.8. The van der Waals surface area contributed by atoms with Crippen LogP contribution < -0.4 is 15.6 Å². The fraction of sp³-hybridized carbons (Fsp3) is 0.227. The smallest absolute Gasteiger partial charge is 0.257 e. The normalized spacial score (nSPS) is 14.4. The third-order valence-electron chi connectivity index (χ3n) is 5.24. The Morgan fingerprint density at radius 3 is 2.57 bits per heavy atom. The number of aromatic amines is 1. The predicted octanol–water partition coefficient (Wildman–Crippen LogP) is 3.92. The van der Waals surface area contributed by atoms with Crippen molar-refractivity contribution in [2.24, 2.45) is 0 Å². The molecule has 2 aromatic heterocycles. The molecule has 1 saturated carbocycles. The maximum atomic E-state index is 13.0. The average molecular weight is 379 g/mol. The van der Waals surface area contributed by atoms with Gasteiger partial charge in [0.25, 0.3) is 5.56 Å². The second kappa shape index (κ2) is 6.96. The number of hydrogen-bond acceptors (Lipinski definition) is 4. The van der Waals surface area contributed by atoms with Crippen molar-refractivity contribution in [3.8, 4) is 17.0 Å². The lowest BCUT2D eigenvalue weighted by atomic mass is 9.95. The summed E-state index contributed by atoms with van der Waals surface area (Å²) in [4.78, 5) is 32.3. The molecule has 2 heterocycles. The Kier molecular flexibility index (Phi) is 4.47. The fourth-order valence-corrected chi connectivity index (χ4v) is 3.40. The largest absolute Gasteiger partial charge is 0.497 e. The third kappa shape index (κ3) is 3.17. The monoisotopic (exact) mass is 379 g/mol. The van der Waals surface area contributed by atoms with E-state index >= 15 is 0 Å². The standard InChI is InChI=1S/C22H21N3O3.2H2/c1-14-5-10-18(24-19(14)17-4-3-13-23-20(17)26)25-21(27)22(11-12-22)15-6-8-16(28-2)9-7-15;;/h3-10,13H,11-12H2,1-2H3,(H,23,26)(H,24,25,27);2*1H. The predicted molar refractivity (Wildman–Crippen MR) is 112 cm³/mol. The van der Waals surface area contributed by atoms with Gasteiger partial charge in [0.1, 0.15) is 11.6 Å². The van der Waals surface area contributed by atoms with E-state index in [1.165, 1.54) is 0 Å². The highest BCUT2D eigenvalue weighted by atomic mass is 16.5. The van der Waals surface area contributed by atoms with Crippen molar-refractivity contribution in [1.82, 2.24) is 9.97 Å². The van der Waals surface area contributed by atoms with Gasteiger partial charge in [0.15, 0.2) is 0 Å². The molecule has 6 nitrogen and oxygen atoms in total. The van der Waals surface area contributed by atoms with Crippen LogP contribution in [0.3, 0.4) is 0 Å². The van der Waals surface area contributed by atoms with Gasteiger partial charge in [-0.1, -0.05) is 18.2 Å². The van der Waals surface area contributed by atoms with Gasteiger partial charge in [-0.15, -0.1) is 0 Å². The third-order valence-corrected chi connectivity index (χ3v) is 5.24. The van der Waals surface area contributed by atoms with Gasteiger partial charge in [-0.3, -0.25) is 9.59 Å². The molecule has 0 saturated heterocycles. The number of ether oxygens (including phenoxy) is 1. The van der Waals surface area contributed by atoms with Crippen LogP contribution in [0, 0.1) is 6.92 Å². The van der Waals surface area contributed by atoms with Gasteiger partial charge in [-0.25, -0.2) is 4.98 Å². The first-order valence-electron chi connectivity index (χ1n) is 9.15. The first kappa shape index (κ1) is 18.0. The van der Waals surface area contributed by atoms with Crippen molar-refractivity contribution in [2.75, 3.05) is 12.4 Å². The molecule has 146 valence electrons. The Morgan fingerprint density at radius 1 is 1.18 bits per heavy atom. The average Bonchev–Trinajstić information content (AvgIpc) is 3.52. The minimum Gasteiger partial charge on any atom is -0.497 e. The summed E-state index contributed by atoms with van der Waals surface area (Å²) in [5, 5.41) is 2.94. The van der Waals surface area contributed by atoms with E-state index in [0.717, 1.165) is 29.7 Å². The Bertz CT molecular complexity index is 1090. The van der Waals surface area contributed by atoms with Crippen LogP contribution in [0.15, 0.2) is 59.5 Å². The van der Waals surface area contributed by atoms with Crippen LogP contribution in [-0.4, -0.2) is 23.0 Å². The summed E-state index contributed by atoms with van der Waals surface area (Å²) in [6.07, 6.45) is 3.17. The van der Waals surface area contributed by atoms with E-state index in [-0.39, 0.29) is 14.3 Å². The second-order valence-electron chi connectivity index (χ2n) is 7.04. The first-order chi connectivity index (χ1) is 13.5. The summed E-state index contributed by atoms with van der Waals surface area (Å²) in [6, 6.07) is 14.7. The molecule has 1 aliphatic carbocycles. The van der Waals surface area contributed by atoms with Gasteiger partial charge < -0.3 is 15.0 Å². The number of pyridine rings is 2. The minimum absolute atomic E-state index is 0. The lowest BCUT2D eigenvalue weighted by molar-refractivity contribution is -0.118. The number of benzene rings is 1. The zero-order chi connectivity index (χ0) is 19.7. The number of nitrogens with one attached hydrogen (secondary N) is 2. The Labute approximate surface area is 165 Å². The van der Waals surface area contributed by atoms with Crippen molar-refractivity contribution >= 4 is 11.7 Å². The topological polar surface area (TPSA) is 84.1 Å². The summed E-state index contributed by atoms with van der Waals surface area (Å²) >= 11 is 0. The summed E-state index contributed by atoms with van der Waals surface area (Å²) in [5.41, 5.74) is 2.15. The summed E-state index contributed by atoms with van der Waals surface area (Å²) in [5.74, 6) is 1.12. The van der Waals surface area contributed by atoms with Crippen LogP contribution in [0.5, 0.6) is 5.75 Å². The molecule has 0 atom stereocenters. The number of nitrogens with zero attached hydrogens (tertiary/aromatic N) is 1. The second-order valence-corrected chi connectivity index (χ2v) is 7.04. The van der Waals surface area contributed by atoms with E-state index in [1.54, 1.807) is 31.5 Å². The Balaban J connectivity index is 0.00000160. The molecule has 2 N–H and O–H groups in total. The van der Waals surface area contributed by atoms with E-state index in [4.69, 9.17) is 4.74 Å². The molecule has 1 fully saturated rings. The molecule has 0 radical (unpaired) electrons. The molecule has 0 aliphatic heterocycles. The number of aromatic nitrogens is 2. The number of anilines is 1. The number of rotatable bonds is 5. The van der Waals surface area contributed by atoms with E-state index in [1.807, 2.05) is 37.3 Å². The highest BCUT2D eigenvalue weighted by Gasteiger charge is 2.51. The fourth-order valence-electron chi connectivity index (χ4n) is 3.40. The van der Waals surface area contributed by atoms with E-state index in [2.05, 4.69) is 15.3 Å². The molecule has 1 amide bonds. The van der Waals surface area contributed by atoms with Crippen LogP contribution in [0.2, 0.25) is 0 Å². The summed E-state index contributed by atoms with van der Waals surface area (Å²) in [6.45, 7) is 1.89. The van der Waals surface area contributed by atoms with Crippen molar-refractivity contribution < 1.29 is 12.4 Å². The lowest BCUT2D eigenvalue weighted by Crippen LogP contribution is -2.28. The summed E-state index contributed by atoms with van der Waals surface area (Å²) < 4.78 is 5.20. The van der Waals surface area contributed by atoms with Crippen molar-refractivity contribution in [2.45, 2.75) is 25.2 Å². The number of methoxy groups -OCH3 is 1. The molecule has 0 unspecified atom stereocenters. The quantitative estimate of drug-likeness (QED) is 0.704. The van der Waals surface area contributed by atoms with E-state index < -0.39 is 5.41 Å². The first-order valence-corrected chi connectivity index (χ1v) is 9.15. The maximum Gasteiger partial charge on any atom is 0.257 e. The van der Waals surface area contributed by atoms with Crippen LogP contribution in [0.25, 0.3) is 11.3 Å². The number of hydrogen-bond donors (Lipinski definition) is 2. The molecule has 1 aromatic carbocycles. The van der Waals surface area contributed by atoms with E-state index in [0.29, 0.717) is 17.1 Å². The number of amides is 1. The van der Waals surface area contributed by atoms with Gasteiger partial charge in [-0.05, 0) is 61.2 Å². The molecular weight excluding hydrogens is 354 g/mol. The van der Waals surface area contributed by atoms with Crippen LogP contribution in [0.4, 0.5) is 5.82 Å². The van der Waals surface area contributed by atoms with Gasteiger partial charge >= 0.3 is 0 Å². The number of H-pyrrole nitrogens is 1. The zero-order valence-corrected chi connectivity index (χ0v) is 15.8. The molecular formula is C22H25N3O3. The molecule has 0 spiro atoms. The van der Waals surface area contributed by atoms with Gasteiger partial charge in [-0.2, -0.15) is 0 Å². The number of carbonyl (C=O) groups is 1. The van der Waals surface area contributed by atoms with Gasteiger partial charge in [0, 0.05) is 9.05 Å². The Hall–Kier alpha value is -3.41. The SMILES string of the molecule is COc1ccc(C2(C(=O)Nc3ccc(C)c(-c4ccc[nH]c4=O)n3)CC2)cc1.[HH].[HH]. The number of carbonyl (C=O) groups excluding carboxylic acids is 1. The molecule has 0 bridgehead atoms. The molecule has 28 heavy (non-hydrogen) atoms. The van der Waals surface area contributed by atoms with Crippen LogP contribution in [0.1, 0.15) is 26.8 Å². The highest BCUT2D eigenvalue weighted by Crippen LogP contribution is 2.49. The Morgan fingerprint density at radius 2 is 1.93 bits per heavy atom. The highest BCUT2D eigenvalue weighted by molar-refractivity contribution is 6.01. The molecule has 4 rings (SSSR count). The molecule has 1 aliphatic rings. The van der Waals surface area contributed by atoms with Gasteiger partial charge in [0.05, 0.1) is 23.8 Å². The van der Waals surface area contributed by atoms with Crippen LogP contribution in [-0.2, 0) is 10.2 Å². The molecule has 3 aromatic rings. The van der Waals surface area contributed by atoms with Gasteiger partial charge in [0.2, 0.25) is 5.91 Å². The summed E-state index contributed by atoms with van der Waals surface area (Å²) in [7, 11) is 1.62. The molecule has 6 heteroatoms. The van der Waals surface area contributed by atoms with Crippen molar-refractivity contribution in [3.63, 3.8) is 0 Å². The van der Waals surface area contributed by atoms with Crippen molar-refractivity contribution in [1.29, 1.82) is 0 Å². The minimum atomic E-state index is -0.525.